The van der Waals surface area contributed by atoms with E-state index in [2.05, 4.69) is 75.1 Å². The second kappa shape index (κ2) is 6.19. The number of rotatable bonds is 6. The van der Waals surface area contributed by atoms with Crippen LogP contribution in [0, 0.1) is 0 Å². The molecular formula is C13H26O2SSi3. The summed E-state index contributed by atoms with van der Waals surface area (Å²) in [6.07, 6.45) is 2.16. The van der Waals surface area contributed by atoms with E-state index in [1.165, 1.54) is 4.88 Å². The van der Waals surface area contributed by atoms with E-state index in [9.17, 15) is 0 Å². The quantitative estimate of drug-likeness (QED) is 0.677. The van der Waals surface area contributed by atoms with Gasteiger partial charge < -0.3 is 8.23 Å². The summed E-state index contributed by atoms with van der Waals surface area (Å²) < 4.78 is 12.8. The Hall–Kier alpha value is 0.0106. The average molecular weight is 331 g/mol. The minimum Gasteiger partial charge on any atom is -0.434 e. The third-order valence-corrected chi connectivity index (χ3v) is 11.9. The minimum absolute atomic E-state index is 1.26. The molecule has 0 N–H and O–H groups in total. The zero-order valence-electron chi connectivity index (χ0n) is 13.1. The molecule has 1 aromatic rings. The predicted octanol–water partition coefficient (Wildman–Crippen LogP) is 5.08. The van der Waals surface area contributed by atoms with Gasteiger partial charge in [0, 0.05) is 4.88 Å². The van der Waals surface area contributed by atoms with E-state index in [1.54, 1.807) is 11.3 Å². The SMILES string of the molecule is C[Si](C)(C)O[Si](C)(/C=C\c1cccs1)O[Si](C)(C)C. The third-order valence-electron chi connectivity index (χ3n) is 2.11. The molecule has 1 rings (SSSR count). The Morgan fingerprint density at radius 1 is 0.947 bits per heavy atom. The molecule has 0 atom stereocenters. The first-order valence-corrected chi connectivity index (χ1v) is 16.7. The van der Waals surface area contributed by atoms with Crippen LogP contribution in [0.4, 0.5) is 0 Å². The van der Waals surface area contributed by atoms with Crippen molar-refractivity contribution in [3.63, 3.8) is 0 Å². The molecule has 0 unspecified atom stereocenters. The molecule has 0 amide bonds. The molecule has 0 fully saturated rings. The van der Waals surface area contributed by atoms with Crippen molar-refractivity contribution in [2.24, 2.45) is 0 Å². The van der Waals surface area contributed by atoms with E-state index in [1.807, 2.05) is 0 Å². The van der Waals surface area contributed by atoms with Crippen LogP contribution in [0.3, 0.4) is 0 Å². The van der Waals surface area contributed by atoms with Crippen LogP contribution in [0.2, 0.25) is 45.8 Å². The van der Waals surface area contributed by atoms with E-state index >= 15 is 0 Å². The van der Waals surface area contributed by atoms with Gasteiger partial charge in [-0.25, -0.2) is 0 Å². The minimum atomic E-state index is -2.23. The summed E-state index contributed by atoms with van der Waals surface area (Å²) in [6.45, 7) is 15.5. The summed E-state index contributed by atoms with van der Waals surface area (Å²) in [5.41, 5.74) is 2.20. The molecule has 6 heteroatoms. The summed E-state index contributed by atoms with van der Waals surface area (Å²) in [5.74, 6) is 0. The van der Waals surface area contributed by atoms with Gasteiger partial charge in [-0.15, -0.1) is 11.3 Å². The second-order valence-corrected chi connectivity index (χ2v) is 20.2. The third kappa shape index (κ3) is 7.38. The van der Waals surface area contributed by atoms with Gasteiger partial charge in [0.25, 0.3) is 0 Å². The topological polar surface area (TPSA) is 18.5 Å². The van der Waals surface area contributed by atoms with Crippen molar-refractivity contribution in [2.75, 3.05) is 0 Å². The van der Waals surface area contributed by atoms with Gasteiger partial charge in [-0.1, -0.05) is 6.07 Å². The van der Waals surface area contributed by atoms with E-state index in [0.717, 1.165) is 0 Å². The van der Waals surface area contributed by atoms with Crippen LogP contribution in [-0.2, 0) is 8.23 Å². The monoisotopic (exact) mass is 330 g/mol. The van der Waals surface area contributed by atoms with Crippen molar-refractivity contribution in [1.29, 1.82) is 0 Å². The van der Waals surface area contributed by atoms with Gasteiger partial charge >= 0.3 is 8.56 Å². The Morgan fingerprint density at radius 3 is 1.84 bits per heavy atom. The fraction of sp³-hybridized carbons (Fsp3) is 0.538. The van der Waals surface area contributed by atoms with Crippen LogP contribution >= 0.6 is 11.3 Å². The van der Waals surface area contributed by atoms with Gasteiger partial charge in [-0.2, -0.15) is 0 Å². The Kier molecular flexibility index (Phi) is 5.56. The molecule has 1 heterocycles. The Labute approximate surface area is 125 Å². The van der Waals surface area contributed by atoms with Gasteiger partial charge in [-0.05, 0) is 69.1 Å². The lowest BCUT2D eigenvalue weighted by molar-refractivity contribution is 0.403. The lowest BCUT2D eigenvalue weighted by Crippen LogP contribution is -2.51. The van der Waals surface area contributed by atoms with Crippen molar-refractivity contribution in [1.82, 2.24) is 0 Å². The van der Waals surface area contributed by atoms with Crippen LogP contribution in [0.25, 0.3) is 6.08 Å². The number of thiophene rings is 1. The Balaban J connectivity index is 2.91. The van der Waals surface area contributed by atoms with E-state index in [0.29, 0.717) is 0 Å². The molecule has 0 aromatic carbocycles. The van der Waals surface area contributed by atoms with Crippen LogP contribution in [-0.4, -0.2) is 25.2 Å². The highest BCUT2D eigenvalue weighted by Gasteiger charge is 2.38. The van der Waals surface area contributed by atoms with Crippen molar-refractivity contribution in [3.05, 3.63) is 28.1 Å². The summed E-state index contributed by atoms with van der Waals surface area (Å²) in [6, 6.07) is 4.20. The zero-order valence-corrected chi connectivity index (χ0v) is 16.9. The molecule has 0 aliphatic carbocycles. The maximum absolute atomic E-state index is 6.41. The molecule has 1 aromatic heterocycles. The molecule has 0 radical (unpaired) electrons. The van der Waals surface area contributed by atoms with Crippen molar-refractivity contribution in [2.45, 2.75) is 45.8 Å². The van der Waals surface area contributed by atoms with Gasteiger partial charge in [0.15, 0.2) is 16.6 Å². The van der Waals surface area contributed by atoms with Crippen molar-refractivity contribution in [3.8, 4) is 0 Å². The first-order valence-electron chi connectivity index (χ1n) is 6.62. The number of hydrogen-bond acceptors (Lipinski definition) is 3. The Morgan fingerprint density at radius 2 is 1.47 bits per heavy atom. The van der Waals surface area contributed by atoms with E-state index in [-0.39, 0.29) is 0 Å². The van der Waals surface area contributed by atoms with Gasteiger partial charge in [0.05, 0.1) is 0 Å². The Bertz CT molecular complexity index is 400. The molecule has 19 heavy (non-hydrogen) atoms. The lowest BCUT2D eigenvalue weighted by Gasteiger charge is -2.36. The molecular weight excluding hydrogens is 304 g/mol. The highest BCUT2D eigenvalue weighted by Crippen LogP contribution is 2.23. The van der Waals surface area contributed by atoms with E-state index in [4.69, 9.17) is 8.23 Å². The van der Waals surface area contributed by atoms with Gasteiger partial charge in [0.2, 0.25) is 0 Å². The fourth-order valence-electron chi connectivity index (χ4n) is 1.92. The fourth-order valence-corrected chi connectivity index (χ4v) is 14.0. The molecule has 0 bridgehead atoms. The molecule has 0 aliphatic rings. The average Bonchev–Trinajstić information content (AvgIpc) is 2.60. The van der Waals surface area contributed by atoms with Crippen LogP contribution in [0.5, 0.6) is 0 Å². The highest BCUT2D eigenvalue weighted by molar-refractivity contribution is 7.11. The van der Waals surface area contributed by atoms with Gasteiger partial charge in [-0.3, -0.25) is 0 Å². The number of hydrogen-bond donors (Lipinski definition) is 0. The maximum Gasteiger partial charge on any atom is 0.341 e. The predicted molar refractivity (Wildman–Crippen MR) is 93.8 cm³/mol. The first kappa shape index (κ1) is 17.1. The standard InChI is InChI=1S/C13H26O2SSi3/c1-17(2,3)14-19(7,15-18(4,5)6)12-10-13-9-8-11-16-13/h8-12H,1-7H3/b12-10-. The van der Waals surface area contributed by atoms with Gasteiger partial charge in [0.1, 0.15) is 0 Å². The summed E-state index contributed by atoms with van der Waals surface area (Å²) in [7, 11) is -5.43. The summed E-state index contributed by atoms with van der Waals surface area (Å²) in [4.78, 5) is 1.26. The molecule has 0 saturated heterocycles. The molecule has 0 aliphatic heterocycles. The lowest BCUT2D eigenvalue weighted by atomic mass is 10.5. The molecule has 108 valence electrons. The summed E-state index contributed by atoms with van der Waals surface area (Å²) in [5, 5.41) is 2.09. The van der Waals surface area contributed by atoms with E-state index < -0.39 is 25.2 Å². The zero-order chi connectivity index (χ0) is 14.7. The normalized spacial score (nSPS) is 14.3. The molecule has 0 saturated carbocycles. The van der Waals surface area contributed by atoms with Crippen LogP contribution in [0.15, 0.2) is 23.2 Å². The largest absolute Gasteiger partial charge is 0.434 e. The van der Waals surface area contributed by atoms with Crippen LogP contribution < -0.4 is 0 Å². The second-order valence-electron chi connectivity index (χ2n) is 6.79. The highest BCUT2D eigenvalue weighted by atomic mass is 32.1. The molecule has 0 spiro atoms. The van der Waals surface area contributed by atoms with Crippen molar-refractivity contribution < 1.29 is 8.23 Å². The first-order chi connectivity index (χ1) is 8.49. The van der Waals surface area contributed by atoms with Crippen molar-refractivity contribution >= 4 is 42.6 Å². The van der Waals surface area contributed by atoms with Crippen LogP contribution in [0.1, 0.15) is 4.88 Å². The molecule has 2 nitrogen and oxygen atoms in total. The maximum atomic E-state index is 6.41. The summed E-state index contributed by atoms with van der Waals surface area (Å²) >= 11 is 1.75. The smallest absolute Gasteiger partial charge is 0.341 e.